The minimum Gasteiger partial charge on any atom is -0.462 e. The smallest absolute Gasteiger partial charge is 0.462 e. The fourth-order valence-electron chi connectivity index (χ4n) is 13.0. The maximum absolute atomic E-state index is 13.1. The molecule has 3 N–H and O–H groups in total. The Bertz CT molecular complexity index is 1980. The number of phosphoric acid groups is 2. The third-order valence-corrected chi connectivity index (χ3v) is 22.0. The fourth-order valence-corrected chi connectivity index (χ4v) is 14.6. The number of unbranched alkanes of at least 4 members (excludes halogenated alkanes) is 52. The third-order valence-electron chi connectivity index (χ3n) is 20.1. The van der Waals surface area contributed by atoms with Gasteiger partial charge in [-0.1, -0.05) is 395 Å². The van der Waals surface area contributed by atoms with Gasteiger partial charge in [0.05, 0.1) is 26.4 Å². The van der Waals surface area contributed by atoms with Crippen LogP contribution in [0.1, 0.15) is 446 Å². The molecule has 0 amide bonds. The minimum absolute atomic E-state index is 0.105. The summed E-state index contributed by atoms with van der Waals surface area (Å²) in [5.41, 5.74) is 0. The van der Waals surface area contributed by atoms with Gasteiger partial charge in [0.25, 0.3) is 0 Å². The first-order valence-electron chi connectivity index (χ1n) is 43.5. The Hall–Kier alpha value is -1.94. The number of rotatable bonds is 83. The summed E-state index contributed by atoms with van der Waals surface area (Å²) in [6.45, 7) is 9.65. The van der Waals surface area contributed by atoms with E-state index in [1.165, 1.54) is 263 Å². The monoisotopic (exact) mass is 1510 g/mol. The molecule has 0 aromatic heterocycles. The Morgan fingerprint density at radius 1 is 0.282 bits per heavy atom. The summed E-state index contributed by atoms with van der Waals surface area (Å²) >= 11 is 0. The Morgan fingerprint density at radius 3 is 0.738 bits per heavy atom. The van der Waals surface area contributed by atoms with Gasteiger partial charge in [-0.05, 0) is 37.5 Å². The Labute approximate surface area is 632 Å². The van der Waals surface area contributed by atoms with Gasteiger partial charge in [-0.25, -0.2) is 9.13 Å². The SMILES string of the molecule is CCCCCCCCCCCCCCCCCCCCCCCC(=O)OC[C@H](COP(=O)(O)OC[C@@H](O)COP(=O)(O)OC[C@@H](COC(=O)CCCCCCCCCCC)OC(=O)CCCCCCCCCCC(C)C)OC(=O)CCCCCCCCCCCCCCCCCCCCC(C)CC. The van der Waals surface area contributed by atoms with Crippen molar-refractivity contribution in [1.29, 1.82) is 0 Å². The van der Waals surface area contributed by atoms with Crippen molar-refractivity contribution in [2.24, 2.45) is 11.8 Å². The van der Waals surface area contributed by atoms with E-state index in [4.69, 9.17) is 37.0 Å². The number of phosphoric ester groups is 2. The first kappa shape index (κ1) is 101. The topological polar surface area (TPSA) is 237 Å². The summed E-state index contributed by atoms with van der Waals surface area (Å²) < 4.78 is 68.7. The van der Waals surface area contributed by atoms with Gasteiger partial charge in [-0.3, -0.25) is 37.3 Å². The van der Waals surface area contributed by atoms with Crippen molar-refractivity contribution in [3.05, 3.63) is 0 Å². The largest absolute Gasteiger partial charge is 0.472 e. The number of aliphatic hydroxyl groups excluding tert-OH is 1. The summed E-state index contributed by atoms with van der Waals surface area (Å²) in [5.74, 6) is -0.521. The molecule has 0 heterocycles. The second kappa shape index (κ2) is 75.5. The van der Waals surface area contributed by atoms with Crippen molar-refractivity contribution in [2.45, 2.75) is 464 Å². The van der Waals surface area contributed by atoms with E-state index in [1.54, 1.807) is 0 Å². The van der Waals surface area contributed by atoms with Crippen LogP contribution >= 0.6 is 15.6 Å². The highest BCUT2D eigenvalue weighted by atomic mass is 31.2. The molecule has 0 aliphatic carbocycles. The summed E-state index contributed by atoms with van der Waals surface area (Å²) in [7, 11) is -9.92. The van der Waals surface area contributed by atoms with Crippen LogP contribution in [0.3, 0.4) is 0 Å². The van der Waals surface area contributed by atoms with Crippen LogP contribution in [0.4, 0.5) is 0 Å². The van der Waals surface area contributed by atoms with Crippen molar-refractivity contribution >= 4 is 39.5 Å². The number of carbonyl (C=O) groups is 4. The van der Waals surface area contributed by atoms with Crippen LogP contribution in [0.15, 0.2) is 0 Å². The van der Waals surface area contributed by atoms with Gasteiger partial charge in [0.1, 0.15) is 19.3 Å². The van der Waals surface area contributed by atoms with Gasteiger partial charge in [0.2, 0.25) is 0 Å². The molecule has 0 bridgehead atoms. The van der Waals surface area contributed by atoms with Crippen molar-refractivity contribution in [2.75, 3.05) is 39.6 Å². The van der Waals surface area contributed by atoms with E-state index in [0.717, 1.165) is 102 Å². The molecule has 6 atom stereocenters. The van der Waals surface area contributed by atoms with Gasteiger partial charge in [-0.15, -0.1) is 0 Å². The minimum atomic E-state index is -4.96. The molecule has 0 aromatic carbocycles. The molecule has 0 saturated heterocycles. The Morgan fingerprint density at radius 2 is 0.495 bits per heavy atom. The number of esters is 4. The first-order chi connectivity index (χ1) is 49.9. The van der Waals surface area contributed by atoms with Crippen molar-refractivity contribution < 1.29 is 80.2 Å². The standard InChI is InChI=1S/C84H164O17P2/c1-7-10-12-14-16-18-19-20-21-22-23-24-25-29-32-35-38-42-49-55-61-67-82(87)95-73-79(100-83(88)68-62-56-50-43-39-36-33-30-27-26-28-31-34-37-41-47-53-59-65-77(6)9-3)74-98-102(90,91)96-70-78(85)71-97-103(92,93)99-75-80(72-94-81(86)66-60-54-48-40-17-15-13-11-8-2)101-84(89)69-63-57-51-45-44-46-52-58-64-76(4)5/h76-80,85H,7-75H2,1-6H3,(H,90,91)(H,92,93)/t77?,78-,79-,80-/m1/s1. The molecule has 103 heavy (non-hydrogen) atoms. The highest BCUT2D eigenvalue weighted by Crippen LogP contribution is 2.45. The highest BCUT2D eigenvalue weighted by Gasteiger charge is 2.30. The van der Waals surface area contributed by atoms with E-state index in [2.05, 4.69) is 41.5 Å². The molecule has 0 spiro atoms. The van der Waals surface area contributed by atoms with Gasteiger partial charge in [0.15, 0.2) is 12.2 Å². The lowest BCUT2D eigenvalue weighted by atomic mass is 9.99. The maximum Gasteiger partial charge on any atom is 0.472 e. The molecule has 0 aliphatic heterocycles. The molecule has 0 rings (SSSR count). The molecule has 19 heteroatoms. The maximum atomic E-state index is 13.1. The molecule has 0 saturated carbocycles. The number of aliphatic hydroxyl groups is 1. The summed E-state index contributed by atoms with van der Waals surface area (Å²) in [4.78, 5) is 73.0. The third kappa shape index (κ3) is 76.6. The predicted molar refractivity (Wildman–Crippen MR) is 423 cm³/mol. The van der Waals surface area contributed by atoms with E-state index in [-0.39, 0.29) is 25.7 Å². The molecule has 0 radical (unpaired) electrons. The molecule has 3 unspecified atom stereocenters. The predicted octanol–water partition coefficient (Wildman–Crippen LogP) is 25.5. The Balaban J connectivity index is 5.17. The molecule has 0 aliphatic rings. The Kier molecular flexibility index (Phi) is 74.1. The first-order valence-corrected chi connectivity index (χ1v) is 46.5. The normalized spacial score (nSPS) is 14.1. The van der Waals surface area contributed by atoms with Crippen LogP contribution in [-0.4, -0.2) is 96.7 Å². The van der Waals surface area contributed by atoms with Gasteiger partial charge in [0, 0.05) is 25.7 Å². The molecule has 612 valence electrons. The summed E-state index contributed by atoms with van der Waals surface area (Å²) in [5, 5.41) is 10.6. The number of hydrogen-bond acceptors (Lipinski definition) is 15. The van der Waals surface area contributed by atoms with E-state index in [0.29, 0.717) is 25.7 Å². The lowest BCUT2D eigenvalue weighted by molar-refractivity contribution is -0.161. The molecular weight excluding hydrogens is 1340 g/mol. The molecule has 0 aromatic rings. The van der Waals surface area contributed by atoms with Crippen molar-refractivity contribution in [1.82, 2.24) is 0 Å². The van der Waals surface area contributed by atoms with E-state index in [9.17, 15) is 43.2 Å². The van der Waals surface area contributed by atoms with E-state index in [1.807, 2.05) is 0 Å². The molecular formula is C84H164O17P2. The van der Waals surface area contributed by atoms with Gasteiger partial charge in [-0.2, -0.15) is 0 Å². The quantitative estimate of drug-likeness (QED) is 0.0222. The lowest BCUT2D eigenvalue weighted by Crippen LogP contribution is -2.30. The zero-order valence-electron chi connectivity index (χ0n) is 67.6. The van der Waals surface area contributed by atoms with Crippen LogP contribution in [0, 0.1) is 11.8 Å². The van der Waals surface area contributed by atoms with Crippen LogP contribution in [-0.2, 0) is 65.4 Å². The fraction of sp³-hybridized carbons (Fsp3) is 0.952. The van der Waals surface area contributed by atoms with Gasteiger partial charge < -0.3 is 33.8 Å². The average molecular weight is 1510 g/mol. The average Bonchev–Trinajstić information content (AvgIpc) is 0.912. The van der Waals surface area contributed by atoms with Crippen LogP contribution in [0.25, 0.3) is 0 Å². The summed E-state index contributed by atoms with van der Waals surface area (Å²) in [6.07, 6.45) is 66.9. The summed E-state index contributed by atoms with van der Waals surface area (Å²) in [6, 6.07) is 0. The lowest BCUT2D eigenvalue weighted by Gasteiger charge is -2.21. The zero-order chi connectivity index (χ0) is 75.6. The van der Waals surface area contributed by atoms with Gasteiger partial charge >= 0.3 is 39.5 Å². The van der Waals surface area contributed by atoms with Crippen LogP contribution in [0.5, 0.6) is 0 Å². The van der Waals surface area contributed by atoms with Crippen LogP contribution < -0.4 is 0 Å². The van der Waals surface area contributed by atoms with E-state index >= 15 is 0 Å². The highest BCUT2D eigenvalue weighted by molar-refractivity contribution is 7.47. The number of hydrogen-bond donors (Lipinski definition) is 3. The second-order valence-corrected chi connectivity index (χ2v) is 33.8. The molecule has 17 nitrogen and oxygen atoms in total. The number of carbonyl (C=O) groups excluding carboxylic acids is 4. The van der Waals surface area contributed by atoms with Crippen molar-refractivity contribution in [3.8, 4) is 0 Å². The van der Waals surface area contributed by atoms with Crippen LogP contribution in [0.2, 0.25) is 0 Å². The number of ether oxygens (including phenoxy) is 4. The second-order valence-electron chi connectivity index (χ2n) is 30.9. The molecule has 0 fully saturated rings. The van der Waals surface area contributed by atoms with E-state index < -0.39 is 97.5 Å². The van der Waals surface area contributed by atoms with Crippen molar-refractivity contribution in [3.63, 3.8) is 0 Å². The zero-order valence-corrected chi connectivity index (χ0v) is 69.4.